The number of hydrogen-bond donors (Lipinski definition) is 1. The summed E-state index contributed by atoms with van der Waals surface area (Å²) in [4.78, 5) is 0. The monoisotopic (exact) mass is 235 g/mol. The van der Waals surface area contributed by atoms with Crippen LogP contribution in [-0.2, 0) is 0 Å². The van der Waals surface area contributed by atoms with Gasteiger partial charge < -0.3 is 5.32 Å². The Balaban J connectivity index is 2.04. The fourth-order valence-electron chi connectivity index (χ4n) is 2.88. The van der Waals surface area contributed by atoms with Crippen molar-refractivity contribution < 1.29 is 0 Å². The Kier molecular flexibility index (Phi) is 3.75. The maximum absolute atomic E-state index is 4.61. The van der Waals surface area contributed by atoms with Crippen LogP contribution in [0.2, 0.25) is 0 Å². The molecule has 1 saturated carbocycles. The first kappa shape index (κ1) is 12.5. The highest BCUT2D eigenvalue weighted by Gasteiger charge is 2.17. The number of anilines is 1. The molecule has 0 amide bonds. The van der Waals surface area contributed by atoms with Gasteiger partial charge in [0, 0.05) is 12.6 Å². The topological polar surface area (TPSA) is 29.9 Å². The molecule has 0 atom stereocenters. The maximum atomic E-state index is 4.61. The van der Waals surface area contributed by atoms with E-state index in [9.17, 15) is 0 Å². The summed E-state index contributed by atoms with van der Waals surface area (Å²) in [5.41, 5.74) is 3.66. The van der Waals surface area contributed by atoms with Gasteiger partial charge in [-0.3, -0.25) is 4.68 Å². The third-order valence-corrected chi connectivity index (χ3v) is 3.86. The number of nitrogens with zero attached hydrogens (tertiary/aromatic N) is 2. The molecular weight excluding hydrogens is 210 g/mol. The van der Waals surface area contributed by atoms with E-state index < -0.39 is 0 Å². The molecule has 0 spiro atoms. The molecule has 17 heavy (non-hydrogen) atoms. The Morgan fingerprint density at radius 3 is 2.47 bits per heavy atom. The molecule has 1 fully saturated rings. The molecule has 3 nitrogen and oxygen atoms in total. The Morgan fingerprint density at radius 2 is 1.94 bits per heavy atom. The van der Waals surface area contributed by atoms with Gasteiger partial charge in [0.15, 0.2) is 0 Å². The van der Waals surface area contributed by atoms with Crippen LogP contribution >= 0.6 is 0 Å². The summed E-state index contributed by atoms with van der Waals surface area (Å²) < 4.78 is 2.12. The molecule has 0 saturated heterocycles. The van der Waals surface area contributed by atoms with E-state index in [-0.39, 0.29) is 0 Å². The SMILES string of the molecule is Cc1nn(C(C)C)c(C)c1NCC1CCCC1. The van der Waals surface area contributed by atoms with Crippen molar-refractivity contribution >= 4 is 5.69 Å². The maximum Gasteiger partial charge on any atom is 0.0828 e. The summed E-state index contributed by atoms with van der Waals surface area (Å²) in [6, 6.07) is 0.440. The van der Waals surface area contributed by atoms with Gasteiger partial charge >= 0.3 is 0 Å². The van der Waals surface area contributed by atoms with Gasteiger partial charge in [0.05, 0.1) is 17.1 Å². The third kappa shape index (κ3) is 2.64. The predicted molar refractivity (Wildman–Crippen MR) is 72.5 cm³/mol. The first-order chi connectivity index (χ1) is 8.09. The van der Waals surface area contributed by atoms with Crippen LogP contribution in [0.25, 0.3) is 0 Å². The molecule has 1 heterocycles. The highest BCUT2D eigenvalue weighted by atomic mass is 15.3. The summed E-state index contributed by atoms with van der Waals surface area (Å²) >= 11 is 0. The van der Waals surface area contributed by atoms with E-state index in [4.69, 9.17) is 0 Å². The lowest BCUT2D eigenvalue weighted by Gasteiger charge is -2.13. The van der Waals surface area contributed by atoms with Crippen LogP contribution < -0.4 is 5.32 Å². The Labute approximate surface area is 105 Å². The zero-order valence-corrected chi connectivity index (χ0v) is 11.6. The normalized spacial score (nSPS) is 17.0. The number of aryl methyl sites for hydroxylation is 1. The van der Waals surface area contributed by atoms with Crippen molar-refractivity contribution in [1.82, 2.24) is 9.78 Å². The second-order valence-corrected chi connectivity index (χ2v) is 5.62. The molecule has 1 aromatic rings. The van der Waals surface area contributed by atoms with Gasteiger partial charge in [-0.05, 0) is 46.5 Å². The van der Waals surface area contributed by atoms with Gasteiger partial charge in [0.2, 0.25) is 0 Å². The second-order valence-electron chi connectivity index (χ2n) is 5.62. The molecule has 1 aliphatic rings. The number of hydrogen-bond acceptors (Lipinski definition) is 2. The molecule has 0 aliphatic heterocycles. The highest BCUT2D eigenvalue weighted by molar-refractivity contribution is 5.52. The van der Waals surface area contributed by atoms with Crippen LogP contribution in [0.4, 0.5) is 5.69 Å². The Hall–Kier alpha value is -0.990. The average Bonchev–Trinajstić information content (AvgIpc) is 2.86. The van der Waals surface area contributed by atoms with Crippen LogP contribution in [0.5, 0.6) is 0 Å². The van der Waals surface area contributed by atoms with Gasteiger partial charge in [-0.15, -0.1) is 0 Å². The molecule has 1 aliphatic carbocycles. The minimum Gasteiger partial charge on any atom is -0.382 e. The fourth-order valence-corrected chi connectivity index (χ4v) is 2.88. The molecular formula is C14H25N3. The van der Waals surface area contributed by atoms with Crippen molar-refractivity contribution in [3.63, 3.8) is 0 Å². The van der Waals surface area contributed by atoms with E-state index in [1.807, 2.05) is 0 Å². The largest absolute Gasteiger partial charge is 0.382 e. The summed E-state index contributed by atoms with van der Waals surface area (Å²) in [5, 5.41) is 8.22. The Bertz CT molecular complexity index is 373. The summed E-state index contributed by atoms with van der Waals surface area (Å²) in [6.07, 6.45) is 5.61. The van der Waals surface area contributed by atoms with E-state index in [0.29, 0.717) is 6.04 Å². The van der Waals surface area contributed by atoms with E-state index in [0.717, 1.165) is 18.2 Å². The molecule has 1 aromatic heterocycles. The lowest BCUT2D eigenvalue weighted by molar-refractivity contribution is 0.516. The Morgan fingerprint density at radius 1 is 1.29 bits per heavy atom. The van der Waals surface area contributed by atoms with Crippen molar-refractivity contribution in [2.24, 2.45) is 5.92 Å². The fraction of sp³-hybridized carbons (Fsp3) is 0.786. The zero-order chi connectivity index (χ0) is 12.4. The summed E-state index contributed by atoms with van der Waals surface area (Å²) in [5.74, 6) is 0.871. The zero-order valence-electron chi connectivity index (χ0n) is 11.6. The van der Waals surface area contributed by atoms with E-state index in [1.165, 1.54) is 37.1 Å². The molecule has 2 rings (SSSR count). The van der Waals surface area contributed by atoms with Crippen molar-refractivity contribution in [2.45, 2.75) is 59.4 Å². The van der Waals surface area contributed by atoms with Gasteiger partial charge in [-0.1, -0.05) is 12.8 Å². The molecule has 3 heteroatoms. The van der Waals surface area contributed by atoms with Crippen molar-refractivity contribution in [3.8, 4) is 0 Å². The van der Waals surface area contributed by atoms with Gasteiger partial charge in [0.1, 0.15) is 0 Å². The molecule has 0 unspecified atom stereocenters. The lowest BCUT2D eigenvalue weighted by Crippen LogP contribution is -2.12. The summed E-state index contributed by atoms with van der Waals surface area (Å²) in [7, 11) is 0. The van der Waals surface area contributed by atoms with E-state index in [1.54, 1.807) is 0 Å². The molecule has 0 bridgehead atoms. The number of aromatic nitrogens is 2. The average molecular weight is 235 g/mol. The van der Waals surface area contributed by atoms with Crippen LogP contribution in [-0.4, -0.2) is 16.3 Å². The van der Waals surface area contributed by atoms with E-state index >= 15 is 0 Å². The molecule has 96 valence electrons. The standard InChI is InChI=1S/C14H25N3/c1-10(2)17-12(4)14(11(3)16-17)15-9-13-7-5-6-8-13/h10,13,15H,5-9H2,1-4H3. The van der Waals surface area contributed by atoms with Crippen LogP contribution in [0.15, 0.2) is 0 Å². The molecule has 1 N–H and O–H groups in total. The minimum absolute atomic E-state index is 0.440. The number of rotatable bonds is 4. The lowest BCUT2D eigenvalue weighted by atomic mass is 10.1. The minimum atomic E-state index is 0.440. The van der Waals surface area contributed by atoms with Crippen LogP contribution in [0.3, 0.4) is 0 Å². The summed E-state index contributed by atoms with van der Waals surface area (Å²) in [6.45, 7) is 9.74. The van der Waals surface area contributed by atoms with Gasteiger partial charge in [-0.2, -0.15) is 5.10 Å². The van der Waals surface area contributed by atoms with Crippen molar-refractivity contribution in [1.29, 1.82) is 0 Å². The van der Waals surface area contributed by atoms with Crippen molar-refractivity contribution in [3.05, 3.63) is 11.4 Å². The van der Waals surface area contributed by atoms with Crippen LogP contribution in [0, 0.1) is 19.8 Å². The predicted octanol–water partition coefficient (Wildman–Crippen LogP) is 3.68. The number of nitrogens with one attached hydrogen (secondary N) is 1. The quantitative estimate of drug-likeness (QED) is 0.862. The van der Waals surface area contributed by atoms with Crippen LogP contribution in [0.1, 0.15) is 57.0 Å². The first-order valence-corrected chi connectivity index (χ1v) is 6.89. The third-order valence-electron chi connectivity index (χ3n) is 3.86. The molecule has 0 radical (unpaired) electrons. The second kappa shape index (κ2) is 5.11. The highest BCUT2D eigenvalue weighted by Crippen LogP contribution is 2.27. The molecule has 0 aromatic carbocycles. The smallest absolute Gasteiger partial charge is 0.0828 e. The van der Waals surface area contributed by atoms with Gasteiger partial charge in [-0.25, -0.2) is 0 Å². The van der Waals surface area contributed by atoms with Crippen molar-refractivity contribution in [2.75, 3.05) is 11.9 Å². The van der Waals surface area contributed by atoms with E-state index in [2.05, 4.69) is 42.8 Å². The first-order valence-electron chi connectivity index (χ1n) is 6.89. The van der Waals surface area contributed by atoms with Gasteiger partial charge in [0.25, 0.3) is 0 Å².